The minimum Gasteiger partial charge on any atom is -0.368 e. The summed E-state index contributed by atoms with van der Waals surface area (Å²) in [6, 6.07) is 0. The van der Waals surface area contributed by atoms with Crippen LogP contribution in [0.3, 0.4) is 0 Å². The van der Waals surface area contributed by atoms with Crippen LogP contribution in [-0.4, -0.2) is 54.0 Å². The van der Waals surface area contributed by atoms with Crippen LogP contribution in [0.15, 0.2) is 0 Å². The van der Waals surface area contributed by atoms with Crippen LogP contribution in [0.5, 0.6) is 0 Å². The summed E-state index contributed by atoms with van der Waals surface area (Å²) >= 11 is 0. The molecule has 0 aromatic rings. The maximum absolute atomic E-state index is 11.4. The Kier molecular flexibility index (Phi) is 7.37. The Balaban J connectivity index is 1.25. The molecular weight excluding hydrogens is 504 g/mol. The maximum Gasteiger partial charge on any atom is 0.163 e. The molecule has 6 fully saturated rings. The molecule has 230 valence electrons. The van der Waals surface area contributed by atoms with E-state index in [-0.39, 0.29) is 41.2 Å². The standard InChI is InChI=1S/C34H58O6/c1-18(2)19(3)28-29(40-32(7,8)39-28)20(4)22-11-12-23-21-17-36-30(35)25-15-26-27(38-31(5,6)37-26)16-34(25,10)24(21)13-14-33(22,23)9/h18-30,35H,11-17H2,1-10H3/t19-,20+,21+,22-,23+,24+,25-,26+,27-,28-,29-,30+,33-,34-/m1/s1. The average molecular weight is 563 g/mol. The number of aliphatic hydroxyl groups excluding tert-OH is 1. The van der Waals surface area contributed by atoms with Crippen LogP contribution in [0.25, 0.3) is 0 Å². The molecule has 3 saturated heterocycles. The zero-order valence-corrected chi connectivity index (χ0v) is 26.9. The number of rotatable bonds is 4. The molecule has 0 spiro atoms. The Bertz CT molecular complexity index is 949. The van der Waals surface area contributed by atoms with Gasteiger partial charge in [-0.15, -0.1) is 0 Å². The largest absolute Gasteiger partial charge is 0.368 e. The fourth-order valence-electron chi connectivity index (χ4n) is 11.1. The predicted molar refractivity (Wildman–Crippen MR) is 154 cm³/mol. The van der Waals surface area contributed by atoms with E-state index >= 15 is 0 Å². The van der Waals surface area contributed by atoms with Crippen LogP contribution >= 0.6 is 0 Å². The van der Waals surface area contributed by atoms with Crippen molar-refractivity contribution in [3.8, 4) is 0 Å². The average Bonchev–Trinajstić information content (AvgIpc) is 3.46. The van der Waals surface area contributed by atoms with Crippen LogP contribution in [0.1, 0.15) is 108 Å². The molecule has 0 radical (unpaired) electrons. The van der Waals surface area contributed by atoms with E-state index in [2.05, 4.69) is 55.4 Å². The van der Waals surface area contributed by atoms with Gasteiger partial charge in [-0.1, -0.05) is 41.5 Å². The van der Waals surface area contributed by atoms with Crippen molar-refractivity contribution < 1.29 is 28.8 Å². The lowest BCUT2D eigenvalue weighted by molar-refractivity contribution is -0.175. The molecule has 0 amide bonds. The molecule has 0 aromatic carbocycles. The van der Waals surface area contributed by atoms with Gasteiger partial charge in [0.25, 0.3) is 0 Å². The zero-order chi connectivity index (χ0) is 29.0. The van der Waals surface area contributed by atoms with Crippen LogP contribution < -0.4 is 0 Å². The van der Waals surface area contributed by atoms with E-state index in [4.69, 9.17) is 23.7 Å². The second-order valence-electron chi connectivity index (χ2n) is 16.6. The molecule has 3 saturated carbocycles. The van der Waals surface area contributed by atoms with E-state index < -0.39 is 17.9 Å². The van der Waals surface area contributed by atoms with Crippen molar-refractivity contribution in [2.75, 3.05) is 6.61 Å². The zero-order valence-electron chi connectivity index (χ0n) is 26.9. The van der Waals surface area contributed by atoms with E-state index in [0.29, 0.717) is 48.0 Å². The fourth-order valence-corrected chi connectivity index (χ4v) is 11.1. The molecule has 1 N–H and O–H groups in total. The minimum atomic E-state index is -0.726. The Morgan fingerprint density at radius 3 is 2.02 bits per heavy atom. The van der Waals surface area contributed by atoms with Gasteiger partial charge in [-0.3, -0.25) is 0 Å². The molecule has 40 heavy (non-hydrogen) atoms. The summed E-state index contributed by atoms with van der Waals surface area (Å²) in [5, 5.41) is 11.4. The molecule has 3 aliphatic heterocycles. The first kappa shape index (κ1) is 29.8. The van der Waals surface area contributed by atoms with Gasteiger partial charge in [-0.05, 0) is 118 Å². The van der Waals surface area contributed by atoms with Crippen molar-refractivity contribution in [1.82, 2.24) is 0 Å². The summed E-state index contributed by atoms with van der Waals surface area (Å²) in [7, 11) is 0. The lowest BCUT2D eigenvalue weighted by Crippen LogP contribution is -2.55. The second kappa shape index (κ2) is 9.89. The molecule has 6 aliphatic rings. The van der Waals surface area contributed by atoms with Gasteiger partial charge in [0.15, 0.2) is 17.9 Å². The van der Waals surface area contributed by atoms with Crippen molar-refractivity contribution in [2.24, 2.45) is 58.2 Å². The van der Waals surface area contributed by atoms with Gasteiger partial charge in [-0.25, -0.2) is 0 Å². The van der Waals surface area contributed by atoms with Gasteiger partial charge in [-0.2, -0.15) is 0 Å². The van der Waals surface area contributed by atoms with Gasteiger partial charge >= 0.3 is 0 Å². The van der Waals surface area contributed by atoms with Crippen molar-refractivity contribution >= 4 is 0 Å². The number of ether oxygens (including phenoxy) is 5. The molecule has 3 heterocycles. The third-order valence-electron chi connectivity index (χ3n) is 13.3. The van der Waals surface area contributed by atoms with Crippen LogP contribution in [0, 0.1) is 58.2 Å². The Hall–Kier alpha value is -0.240. The summed E-state index contributed by atoms with van der Waals surface area (Å²) in [6.45, 7) is 23.3. The van der Waals surface area contributed by atoms with Gasteiger partial charge in [0.2, 0.25) is 0 Å². The lowest BCUT2D eigenvalue weighted by atomic mass is 9.48. The molecule has 0 bridgehead atoms. The van der Waals surface area contributed by atoms with Crippen LogP contribution in [0.4, 0.5) is 0 Å². The maximum atomic E-state index is 11.4. The Labute approximate surface area is 243 Å². The van der Waals surface area contributed by atoms with Gasteiger partial charge in [0.05, 0.1) is 31.0 Å². The first-order valence-corrected chi connectivity index (χ1v) is 16.6. The number of fused-ring (bicyclic) bond motifs is 6. The summed E-state index contributed by atoms with van der Waals surface area (Å²) in [6.07, 6.45) is 6.38. The van der Waals surface area contributed by atoms with E-state index in [1.54, 1.807) is 0 Å². The van der Waals surface area contributed by atoms with Crippen LogP contribution in [0.2, 0.25) is 0 Å². The smallest absolute Gasteiger partial charge is 0.163 e. The van der Waals surface area contributed by atoms with Crippen molar-refractivity contribution in [1.29, 1.82) is 0 Å². The molecule has 14 atom stereocenters. The highest BCUT2D eigenvalue weighted by Crippen LogP contribution is 2.67. The van der Waals surface area contributed by atoms with Crippen LogP contribution in [-0.2, 0) is 23.7 Å². The molecule has 3 aliphatic carbocycles. The third kappa shape index (κ3) is 4.65. The van der Waals surface area contributed by atoms with E-state index in [1.165, 1.54) is 25.7 Å². The quantitative estimate of drug-likeness (QED) is 0.408. The Morgan fingerprint density at radius 2 is 1.32 bits per heavy atom. The Morgan fingerprint density at radius 1 is 0.700 bits per heavy atom. The molecular formula is C34H58O6. The molecule has 6 rings (SSSR count). The fraction of sp³-hybridized carbons (Fsp3) is 1.00. The highest BCUT2D eigenvalue weighted by molar-refractivity contribution is 5.11. The monoisotopic (exact) mass is 562 g/mol. The topological polar surface area (TPSA) is 66.4 Å². The van der Waals surface area contributed by atoms with Gasteiger partial charge in [0.1, 0.15) is 0 Å². The van der Waals surface area contributed by atoms with Gasteiger partial charge in [0, 0.05) is 5.92 Å². The highest BCUT2D eigenvalue weighted by atomic mass is 16.8. The van der Waals surface area contributed by atoms with Crippen molar-refractivity contribution in [3.05, 3.63) is 0 Å². The molecule has 6 nitrogen and oxygen atoms in total. The number of aliphatic hydroxyl groups is 1. The van der Waals surface area contributed by atoms with Crippen molar-refractivity contribution in [3.63, 3.8) is 0 Å². The normalized spacial score (nSPS) is 52.8. The summed E-state index contributed by atoms with van der Waals surface area (Å²) < 4.78 is 32.4. The first-order valence-electron chi connectivity index (χ1n) is 16.6. The molecule has 0 aromatic heterocycles. The highest BCUT2D eigenvalue weighted by Gasteiger charge is 2.64. The van der Waals surface area contributed by atoms with E-state index in [1.807, 2.05) is 13.8 Å². The minimum absolute atomic E-state index is 0.0131. The lowest BCUT2D eigenvalue weighted by Gasteiger charge is -2.56. The third-order valence-corrected chi connectivity index (χ3v) is 13.3. The first-order chi connectivity index (χ1) is 18.6. The van der Waals surface area contributed by atoms with E-state index in [9.17, 15) is 5.11 Å². The summed E-state index contributed by atoms with van der Waals surface area (Å²) in [5.74, 6) is 2.65. The SMILES string of the molecule is CC(C)[C@@H](C)[C@H]1OC(C)(C)O[C@@H]1[C@@H](C)[C@H]1CC[C@H]2[C@@H]3CO[C@H](O)[C@H]4C[C@@H]5OC(C)(C)O[C@@H]5C[C@]4(C)[C@H]3CC[C@]12C. The van der Waals surface area contributed by atoms with Gasteiger partial charge < -0.3 is 28.8 Å². The summed E-state index contributed by atoms with van der Waals surface area (Å²) in [5.41, 5.74) is 0.236. The summed E-state index contributed by atoms with van der Waals surface area (Å²) in [4.78, 5) is 0. The van der Waals surface area contributed by atoms with Crippen molar-refractivity contribution in [2.45, 2.75) is 150 Å². The predicted octanol–water partition coefficient (Wildman–Crippen LogP) is 6.78. The van der Waals surface area contributed by atoms with E-state index in [0.717, 1.165) is 12.8 Å². The second-order valence-corrected chi connectivity index (χ2v) is 16.6. The molecule has 0 unspecified atom stereocenters. The molecule has 6 heteroatoms. The number of hydrogen-bond donors (Lipinski definition) is 1. The number of hydrogen-bond acceptors (Lipinski definition) is 6.